The second-order valence-corrected chi connectivity index (χ2v) is 5.46. The molecule has 0 heterocycles. The van der Waals surface area contributed by atoms with Crippen LogP contribution in [-0.4, -0.2) is 0 Å². The minimum atomic E-state index is 0.139. The second kappa shape index (κ2) is 4.20. The van der Waals surface area contributed by atoms with Gasteiger partial charge >= 0.3 is 0 Å². The van der Waals surface area contributed by atoms with E-state index in [2.05, 4.69) is 30.4 Å². The number of hydrogen-bond donors (Lipinski definition) is 0. The zero-order valence-corrected chi connectivity index (χ0v) is 10.3. The molecule has 2 heteroatoms. The molecule has 3 aliphatic rings. The molecule has 0 amide bonds. The van der Waals surface area contributed by atoms with Gasteiger partial charge in [-0.25, -0.2) is 0 Å². The van der Waals surface area contributed by atoms with Crippen molar-refractivity contribution in [3.8, 4) is 6.07 Å². The van der Waals surface area contributed by atoms with Gasteiger partial charge < -0.3 is 0 Å². The van der Waals surface area contributed by atoms with Crippen LogP contribution in [0.3, 0.4) is 0 Å². The fourth-order valence-corrected chi connectivity index (χ4v) is 3.44. The van der Waals surface area contributed by atoms with Crippen LogP contribution in [0.5, 0.6) is 0 Å². The number of fused-ring (bicyclic) bond motifs is 2. The van der Waals surface area contributed by atoms with Crippen LogP contribution in [-0.2, 0) is 0 Å². The number of hydrogen-bond acceptors (Lipinski definition) is 1. The Morgan fingerprint density at radius 1 is 1.06 bits per heavy atom. The molecular weight excluding hydrogens is 230 g/mol. The van der Waals surface area contributed by atoms with Gasteiger partial charge in [0.2, 0.25) is 0 Å². The van der Waals surface area contributed by atoms with E-state index in [9.17, 15) is 5.26 Å². The molecule has 0 radical (unpaired) electrons. The highest BCUT2D eigenvalue weighted by atomic mass is 35.5. The molecular formula is C15H14ClN. The summed E-state index contributed by atoms with van der Waals surface area (Å²) in [5, 5.41) is 10.2. The first-order valence-corrected chi connectivity index (χ1v) is 6.51. The van der Waals surface area contributed by atoms with Gasteiger partial charge in [0, 0.05) is 10.9 Å². The van der Waals surface area contributed by atoms with Crippen molar-refractivity contribution in [2.24, 2.45) is 17.8 Å². The lowest BCUT2D eigenvalue weighted by molar-refractivity contribution is 0.225. The van der Waals surface area contributed by atoms with E-state index in [0.717, 1.165) is 5.02 Å². The van der Waals surface area contributed by atoms with Gasteiger partial charge in [-0.3, -0.25) is 0 Å². The van der Waals surface area contributed by atoms with Crippen molar-refractivity contribution in [2.75, 3.05) is 0 Å². The molecule has 86 valence electrons. The highest BCUT2D eigenvalue weighted by molar-refractivity contribution is 6.30. The van der Waals surface area contributed by atoms with Crippen molar-refractivity contribution in [1.29, 1.82) is 5.26 Å². The third-order valence-electron chi connectivity index (χ3n) is 4.15. The molecule has 0 saturated heterocycles. The van der Waals surface area contributed by atoms with E-state index in [4.69, 9.17) is 11.6 Å². The highest BCUT2D eigenvalue weighted by Gasteiger charge is 2.41. The first kappa shape index (κ1) is 10.9. The van der Waals surface area contributed by atoms with Crippen LogP contribution >= 0.6 is 11.6 Å². The molecule has 0 spiro atoms. The average molecular weight is 244 g/mol. The van der Waals surface area contributed by atoms with Gasteiger partial charge in [-0.05, 0) is 42.4 Å². The quantitative estimate of drug-likeness (QED) is 0.680. The van der Waals surface area contributed by atoms with Crippen LogP contribution in [0, 0.1) is 29.1 Å². The fourth-order valence-electron chi connectivity index (χ4n) is 3.31. The van der Waals surface area contributed by atoms with Gasteiger partial charge in [0.15, 0.2) is 0 Å². The fraction of sp³-hybridized carbons (Fsp3) is 0.400. The molecule has 3 aliphatic carbocycles. The molecule has 1 saturated carbocycles. The summed E-state index contributed by atoms with van der Waals surface area (Å²) in [7, 11) is 0. The molecule has 4 atom stereocenters. The maximum absolute atomic E-state index is 9.39. The largest absolute Gasteiger partial charge is 0.198 e. The van der Waals surface area contributed by atoms with Crippen LogP contribution in [0.2, 0.25) is 5.02 Å². The molecule has 0 N–H and O–H groups in total. The first-order valence-electron chi connectivity index (χ1n) is 6.13. The summed E-state index contributed by atoms with van der Waals surface area (Å²) in [4.78, 5) is 0. The van der Waals surface area contributed by atoms with Gasteiger partial charge in [0.1, 0.15) is 0 Å². The maximum Gasteiger partial charge on any atom is 0.0668 e. The molecule has 1 aromatic rings. The SMILES string of the molecule is N#C[C@H]1[C@H](c2ccc(Cl)cc2)[C@H]2C=C[C@@H]1CC2. The third kappa shape index (κ3) is 1.77. The lowest BCUT2D eigenvalue weighted by atomic mass is 9.61. The molecule has 2 bridgehead atoms. The zero-order chi connectivity index (χ0) is 11.8. The Labute approximate surface area is 107 Å². The van der Waals surface area contributed by atoms with Gasteiger partial charge in [0.25, 0.3) is 0 Å². The first-order chi connectivity index (χ1) is 8.29. The number of allylic oxidation sites excluding steroid dienone is 2. The van der Waals surface area contributed by atoms with E-state index in [1.165, 1.54) is 18.4 Å². The molecule has 1 aromatic carbocycles. The van der Waals surface area contributed by atoms with Gasteiger partial charge in [-0.2, -0.15) is 5.26 Å². The minimum absolute atomic E-state index is 0.139. The molecule has 1 fully saturated rings. The minimum Gasteiger partial charge on any atom is -0.198 e. The van der Waals surface area contributed by atoms with Crippen molar-refractivity contribution in [3.63, 3.8) is 0 Å². The molecule has 0 aromatic heterocycles. The Hall–Kier alpha value is -1.26. The lowest BCUT2D eigenvalue weighted by Gasteiger charge is -2.42. The summed E-state index contributed by atoms with van der Waals surface area (Å²) < 4.78 is 0. The predicted molar refractivity (Wildman–Crippen MR) is 68.7 cm³/mol. The van der Waals surface area contributed by atoms with E-state index >= 15 is 0 Å². The van der Waals surface area contributed by atoms with Crippen molar-refractivity contribution in [1.82, 2.24) is 0 Å². The monoisotopic (exact) mass is 243 g/mol. The Bertz CT molecular complexity index is 483. The van der Waals surface area contributed by atoms with Crippen LogP contribution < -0.4 is 0 Å². The third-order valence-corrected chi connectivity index (χ3v) is 4.40. The van der Waals surface area contributed by atoms with Crippen LogP contribution in [0.25, 0.3) is 0 Å². The van der Waals surface area contributed by atoms with Crippen LogP contribution in [0.15, 0.2) is 36.4 Å². The number of benzene rings is 1. The average Bonchev–Trinajstić information content (AvgIpc) is 2.40. The number of nitriles is 1. The molecule has 0 unspecified atom stereocenters. The Balaban J connectivity index is 1.99. The number of nitrogens with zero attached hydrogens (tertiary/aromatic N) is 1. The van der Waals surface area contributed by atoms with E-state index in [0.29, 0.717) is 17.8 Å². The van der Waals surface area contributed by atoms with Crippen molar-refractivity contribution in [3.05, 3.63) is 47.0 Å². The summed E-state index contributed by atoms with van der Waals surface area (Å²) >= 11 is 5.92. The Morgan fingerprint density at radius 3 is 2.29 bits per heavy atom. The predicted octanol–water partition coefficient (Wildman–Crippen LogP) is 4.16. The topological polar surface area (TPSA) is 23.8 Å². The molecule has 1 nitrogen and oxygen atoms in total. The van der Waals surface area contributed by atoms with Crippen LogP contribution in [0.4, 0.5) is 0 Å². The van der Waals surface area contributed by atoms with Crippen LogP contribution in [0.1, 0.15) is 24.3 Å². The van der Waals surface area contributed by atoms with Crippen molar-refractivity contribution >= 4 is 11.6 Å². The maximum atomic E-state index is 9.39. The lowest BCUT2D eigenvalue weighted by Crippen LogP contribution is -2.34. The summed E-state index contributed by atoms with van der Waals surface area (Å²) in [6, 6.07) is 10.5. The zero-order valence-electron chi connectivity index (χ0n) is 9.51. The summed E-state index contributed by atoms with van der Waals surface area (Å²) in [5.41, 5.74) is 1.26. The summed E-state index contributed by atoms with van der Waals surface area (Å²) in [5.74, 6) is 1.48. The van der Waals surface area contributed by atoms with E-state index < -0.39 is 0 Å². The highest BCUT2D eigenvalue weighted by Crippen LogP contribution is 2.49. The Kier molecular flexibility index (Phi) is 2.68. The van der Waals surface area contributed by atoms with Gasteiger partial charge in [-0.15, -0.1) is 0 Å². The molecule has 17 heavy (non-hydrogen) atoms. The number of halogens is 1. The van der Waals surface area contributed by atoms with Crippen molar-refractivity contribution < 1.29 is 0 Å². The van der Waals surface area contributed by atoms with E-state index in [1.807, 2.05) is 12.1 Å². The molecule has 4 rings (SSSR count). The summed E-state index contributed by atoms with van der Waals surface area (Å²) in [6.07, 6.45) is 6.94. The van der Waals surface area contributed by atoms with Crippen molar-refractivity contribution in [2.45, 2.75) is 18.8 Å². The molecule has 0 aliphatic heterocycles. The normalized spacial score (nSPS) is 34.6. The van der Waals surface area contributed by atoms with E-state index in [-0.39, 0.29) is 5.92 Å². The standard InChI is InChI=1S/C15H14ClN/c16-13-7-5-12(6-8-13)15-11-3-1-10(2-4-11)14(15)9-17/h1,3,5-8,10-11,14-15H,2,4H2/t10-,11+,14-,15+/m1/s1. The summed E-state index contributed by atoms with van der Waals surface area (Å²) in [6.45, 7) is 0. The smallest absolute Gasteiger partial charge is 0.0668 e. The van der Waals surface area contributed by atoms with E-state index in [1.54, 1.807) is 0 Å². The van der Waals surface area contributed by atoms with Gasteiger partial charge in [-0.1, -0.05) is 35.9 Å². The van der Waals surface area contributed by atoms with Gasteiger partial charge in [0.05, 0.1) is 12.0 Å². The Morgan fingerprint density at radius 2 is 1.71 bits per heavy atom. The second-order valence-electron chi connectivity index (χ2n) is 5.02. The number of rotatable bonds is 1.